The lowest BCUT2D eigenvalue weighted by molar-refractivity contribution is 0.0526. The maximum absolute atomic E-state index is 11.4. The van der Waals surface area contributed by atoms with E-state index in [1.165, 1.54) is 0 Å². The predicted molar refractivity (Wildman–Crippen MR) is 56.7 cm³/mol. The summed E-state index contributed by atoms with van der Waals surface area (Å²) in [6.45, 7) is 2.18. The summed E-state index contributed by atoms with van der Waals surface area (Å²) in [6.07, 6.45) is 1.73. The lowest BCUT2D eigenvalue weighted by Crippen LogP contribution is -2.04. The molecule has 0 bridgehead atoms. The second-order valence-corrected chi connectivity index (χ2v) is 3.26. The number of hydrogen-bond acceptors (Lipinski definition) is 3. The minimum atomic E-state index is -0.289. The van der Waals surface area contributed by atoms with Crippen LogP contribution in [-0.2, 0) is 11.8 Å². The molecule has 0 atom stereocenters. The molecule has 15 heavy (non-hydrogen) atoms. The number of benzene rings is 1. The Morgan fingerprint density at radius 1 is 1.53 bits per heavy atom. The molecule has 0 saturated carbocycles. The van der Waals surface area contributed by atoms with Crippen molar-refractivity contribution in [2.45, 2.75) is 6.92 Å². The summed E-state index contributed by atoms with van der Waals surface area (Å²) >= 11 is 0. The molecule has 0 aliphatic rings. The lowest BCUT2D eigenvalue weighted by Gasteiger charge is -2.01. The van der Waals surface area contributed by atoms with Gasteiger partial charge in [-0.15, -0.1) is 0 Å². The van der Waals surface area contributed by atoms with Crippen LogP contribution < -0.4 is 0 Å². The van der Waals surface area contributed by atoms with Gasteiger partial charge in [0.15, 0.2) is 0 Å². The number of aryl methyl sites for hydroxylation is 1. The van der Waals surface area contributed by atoms with Gasteiger partial charge in [0.2, 0.25) is 0 Å². The van der Waals surface area contributed by atoms with Crippen molar-refractivity contribution in [3.63, 3.8) is 0 Å². The Balaban J connectivity index is 2.43. The summed E-state index contributed by atoms with van der Waals surface area (Å²) in [6, 6.07) is 5.41. The Bertz CT molecular complexity index is 502. The van der Waals surface area contributed by atoms with E-state index in [0.29, 0.717) is 12.2 Å². The molecule has 2 aromatic rings. The summed E-state index contributed by atoms with van der Waals surface area (Å²) in [7, 11) is 1.87. The highest BCUT2D eigenvalue weighted by molar-refractivity contribution is 5.94. The Labute approximate surface area is 87.5 Å². The number of rotatable bonds is 2. The molecule has 1 aromatic heterocycles. The van der Waals surface area contributed by atoms with E-state index in [-0.39, 0.29) is 5.97 Å². The monoisotopic (exact) mass is 204 g/mol. The van der Waals surface area contributed by atoms with Crippen LogP contribution in [0.3, 0.4) is 0 Å². The van der Waals surface area contributed by atoms with Crippen LogP contribution >= 0.6 is 0 Å². The lowest BCUT2D eigenvalue weighted by atomic mass is 10.1. The Morgan fingerprint density at radius 2 is 2.33 bits per heavy atom. The fourth-order valence-corrected chi connectivity index (χ4v) is 1.51. The third-order valence-electron chi connectivity index (χ3n) is 2.26. The normalized spacial score (nSPS) is 10.5. The van der Waals surface area contributed by atoms with Gasteiger partial charge in [0.25, 0.3) is 0 Å². The quantitative estimate of drug-likeness (QED) is 0.700. The zero-order chi connectivity index (χ0) is 10.8. The molecule has 0 saturated heterocycles. The Kier molecular flexibility index (Phi) is 2.41. The van der Waals surface area contributed by atoms with Gasteiger partial charge in [0.1, 0.15) is 0 Å². The van der Waals surface area contributed by atoms with E-state index in [2.05, 4.69) is 5.10 Å². The van der Waals surface area contributed by atoms with Crippen LogP contribution in [0, 0.1) is 0 Å². The van der Waals surface area contributed by atoms with Crippen LogP contribution in [0.15, 0.2) is 24.4 Å². The van der Waals surface area contributed by atoms with Gasteiger partial charge in [-0.3, -0.25) is 4.68 Å². The molecule has 1 heterocycles. The summed E-state index contributed by atoms with van der Waals surface area (Å²) in [5, 5.41) is 5.05. The first-order valence-corrected chi connectivity index (χ1v) is 4.81. The van der Waals surface area contributed by atoms with Crippen molar-refractivity contribution in [1.82, 2.24) is 9.78 Å². The van der Waals surface area contributed by atoms with Crippen LogP contribution in [0.1, 0.15) is 17.3 Å². The highest BCUT2D eigenvalue weighted by Crippen LogP contribution is 2.15. The van der Waals surface area contributed by atoms with Crippen molar-refractivity contribution >= 4 is 16.9 Å². The molecule has 0 amide bonds. The molecule has 0 aliphatic heterocycles. The largest absolute Gasteiger partial charge is 0.462 e. The minimum Gasteiger partial charge on any atom is -0.462 e. The van der Waals surface area contributed by atoms with Gasteiger partial charge in [0, 0.05) is 12.4 Å². The molecule has 0 radical (unpaired) electrons. The van der Waals surface area contributed by atoms with Crippen LogP contribution in [-0.4, -0.2) is 22.4 Å². The first-order valence-electron chi connectivity index (χ1n) is 4.81. The van der Waals surface area contributed by atoms with E-state index in [1.807, 2.05) is 13.1 Å². The number of ether oxygens (including phenoxy) is 1. The van der Waals surface area contributed by atoms with Crippen molar-refractivity contribution in [3.05, 3.63) is 30.0 Å². The molecule has 0 spiro atoms. The highest BCUT2D eigenvalue weighted by atomic mass is 16.5. The Morgan fingerprint density at radius 3 is 3.07 bits per heavy atom. The van der Waals surface area contributed by atoms with Crippen molar-refractivity contribution in [2.75, 3.05) is 6.61 Å². The van der Waals surface area contributed by atoms with Crippen molar-refractivity contribution < 1.29 is 9.53 Å². The summed E-state index contributed by atoms with van der Waals surface area (Å²) in [5.74, 6) is -0.289. The van der Waals surface area contributed by atoms with Gasteiger partial charge >= 0.3 is 5.97 Å². The van der Waals surface area contributed by atoms with Crippen molar-refractivity contribution in [2.24, 2.45) is 7.05 Å². The fourth-order valence-electron chi connectivity index (χ4n) is 1.51. The van der Waals surface area contributed by atoms with Crippen LogP contribution in [0.4, 0.5) is 0 Å². The summed E-state index contributed by atoms with van der Waals surface area (Å²) in [4.78, 5) is 11.4. The van der Waals surface area contributed by atoms with E-state index in [0.717, 1.165) is 10.9 Å². The maximum atomic E-state index is 11.4. The minimum absolute atomic E-state index is 0.289. The van der Waals surface area contributed by atoms with Gasteiger partial charge in [-0.25, -0.2) is 4.79 Å². The standard InChI is InChI=1S/C11H12N2O2/c1-3-15-11(14)8-4-5-10-9(6-8)7-12-13(10)2/h4-7H,3H2,1-2H3. The second kappa shape index (κ2) is 3.73. The number of fused-ring (bicyclic) bond motifs is 1. The molecule has 4 nitrogen and oxygen atoms in total. The average molecular weight is 204 g/mol. The molecule has 78 valence electrons. The van der Waals surface area contributed by atoms with Gasteiger partial charge in [0.05, 0.1) is 23.9 Å². The zero-order valence-corrected chi connectivity index (χ0v) is 8.73. The molecule has 0 unspecified atom stereocenters. The second-order valence-electron chi connectivity index (χ2n) is 3.26. The molecule has 2 rings (SSSR count). The number of esters is 1. The molecule has 0 N–H and O–H groups in total. The molecule has 0 aliphatic carbocycles. The van der Waals surface area contributed by atoms with Gasteiger partial charge in [-0.1, -0.05) is 0 Å². The SMILES string of the molecule is CCOC(=O)c1ccc2c(cnn2C)c1. The Hall–Kier alpha value is -1.84. The summed E-state index contributed by atoms with van der Waals surface area (Å²) < 4.78 is 6.69. The van der Waals surface area contributed by atoms with E-state index in [9.17, 15) is 4.79 Å². The number of carbonyl (C=O) groups excluding carboxylic acids is 1. The smallest absolute Gasteiger partial charge is 0.338 e. The highest BCUT2D eigenvalue weighted by Gasteiger charge is 2.08. The van der Waals surface area contributed by atoms with Crippen molar-refractivity contribution in [1.29, 1.82) is 0 Å². The summed E-state index contributed by atoms with van der Waals surface area (Å²) in [5.41, 5.74) is 1.57. The third kappa shape index (κ3) is 1.70. The zero-order valence-electron chi connectivity index (χ0n) is 8.73. The van der Waals surface area contributed by atoms with Crippen molar-refractivity contribution in [3.8, 4) is 0 Å². The van der Waals surface area contributed by atoms with E-state index < -0.39 is 0 Å². The number of nitrogens with zero attached hydrogens (tertiary/aromatic N) is 2. The molecule has 0 fully saturated rings. The van der Waals surface area contributed by atoms with Crippen LogP contribution in [0.5, 0.6) is 0 Å². The first kappa shape index (κ1) is 9.71. The number of hydrogen-bond donors (Lipinski definition) is 0. The van der Waals surface area contributed by atoms with E-state index in [4.69, 9.17) is 4.74 Å². The van der Waals surface area contributed by atoms with Gasteiger partial charge in [-0.05, 0) is 25.1 Å². The topological polar surface area (TPSA) is 44.1 Å². The number of carbonyl (C=O) groups is 1. The fraction of sp³-hybridized carbons (Fsp3) is 0.273. The van der Waals surface area contributed by atoms with E-state index >= 15 is 0 Å². The predicted octanol–water partition coefficient (Wildman–Crippen LogP) is 1.75. The number of aromatic nitrogens is 2. The maximum Gasteiger partial charge on any atom is 0.338 e. The van der Waals surface area contributed by atoms with E-state index in [1.54, 1.807) is 29.9 Å². The van der Waals surface area contributed by atoms with Crippen LogP contribution in [0.2, 0.25) is 0 Å². The molecular weight excluding hydrogens is 192 g/mol. The van der Waals surface area contributed by atoms with Crippen LogP contribution in [0.25, 0.3) is 10.9 Å². The molecule has 1 aromatic carbocycles. The first-order chi connectivity index (χ1) is 7.22. The van der Waals surface area contributed by atoms with Gasteiger partial charge in [-0.2, -0.15) is 5.10 Å². The average Bonchev–Trinajstić information content (AvgIpc) is 2.60. The third-order valence-corrected chi connectivity index (χ3v) is 2.26. The molecular formula is C11H12N2O2. The molecule has 4 heteroatoms. The van der Waals surface area contributed by atoms with Gasteiger partial charge < -0.3 is 4.74 Å².